The van der Waals surface area contributed by atoms with E-state index < -0.39 is 0 Å². The SMILES string of the molecule is COCC(CCO)NC(C)C(=O)N(C)C. The minimum atomic E-state index is -0.258. The third kappa shape index (κ3) is 5.71. The van der Waals surface area contributed by atoms with E-state index in [0.29, 0.717) is 13.0 Å². The number of ether oxygens (including phenoxy) is 1. The summed E-state index contributed by atoms with van der Waals surface area (Å²) in [6, 6.07) is -0.245. The van der Waals surface area contributed by atoms with Gasteiger partial charge in [0.1, 0.15) is 0 Å². The molecule has 2 N–H and O–H groups in total. The van der Waals surface area contributed by atoms with Gasteiger partial charge in [-0.2, -0.15) is 0 Å². The first-order valence-electron chi connectivity index (χ1n) is 5.10. The fourth-order valence-corrected chi connectivity index (χ4v) is 1.38. The standard InChI is InChI=1S/C10H22N2O3/c1-8(10(14)12(2)3)11-9(5-6-13)7-15-4/h8-9,11,13H,5-7H2,1-4H3. The molecule has 0 heterocycles. The third-order valence-corrected chi connectivity index (χ3v) is 2.14. The Kier molecular flexibility index (Phi) is 7.29. The molecule has 0 aromatic carbocycles. The van der Waals surface area contributed by atoms with Crippen LogP contribution in [0.3, 0.4) is 0 Å². The van der Waals surface area contributed by atoms with Gasteiger partial charge in [0.25, 0.3) is 0 Å². The predicted octanol–water partition coefficient (Wildman–Crippen LogP) is -0.550. The van der Waals surface area contributed by atoms with Gasteiger partial charge < -0.3 is 20.1 Å². The predicted molar refractivity (Wildman–Crippen MR) is 58.7 cm³/mol. The average Bonchev–Trinajstić information content (AvgIpc) is 2.17. The molecular weight excluding hydrogens is 196 g/mol. The molecule has 0 radical (unpaired) electrons. The van der Waals surface area contributed by atoms with Crippen LogP contribution in [0, 0.1) is 0 Å². The number of likely N-dealkylation sites (N-methyl/N-ethyl adjacent to an activating group) is 1. The van der Waals surface area contributed by atoms with E-state index >= 15 is 0 Å². The summed E-state index contributed by atoms with van der Waals surface area (Å²) in [4.78, 5) is 13.1. The number of nitrogens with zero attached hydrogens (tertiary/aromatic N) is 1. The van der Waals surface area contributed by atoms with Gasteiger partial charge in [0, 0.05) is 33.9 Å². The largest absolute Gasteiger partial charge is 0.396 e. The molecule has 0 spiro atoms. The Hall–Kier alpha value is -0.650. The third-order valence-electron chi connectivity index (χ3n) is 2.14. The van der Waals surface area contributed by atoms with E-state index in [-0.39, 0.29) is 24.6 Å². The molecule has 5 heteroatoms. The Balaban J connectivity index is 4.08. The monoisotopic (exact) mass is 218 g/mol. The molecule has 0 aromatic heterocycles. The first kappa shape index (κ1) is 14.3. The molecule has 0 aliphatic heterocycles. The molecule has 2 atom stereocenters. The van der Waals surface area contributed by atoms with Crippen LogP contribution >= 0.6 is 0 Å². The van der Waals surface area contributed by atoms with Gasteiger partial charge in [-0.25, -0.2) is 0 Å². The molecule has 0 rings (SSSR count). The summed E-state index contributed by atoms with van der Waals surface area (Å²) >= 11 is 0. The lowest BCUT2D eigenvalue weighted by Crippen LogP contribution is -2.47. The summed E-state index contributed by atoms with van der Waals surface area (Å²) in [5.74, 6) is 0.0223. The highest BCUT2D eigenvalue weighted by atomic mass is 16.5. The molecule has 1 amide bonds. The Morgan fingerprint density at radius 1 is 1.53 bits per heavy atom. The fraction of sp³-hybridized carbons (Fsp3) is 0.900. The van der Waals surface area contributed by atoms with E-state index in [1.54, 1.807) is 26.1 Å². The van der Waals surface area contributed by atoms with Crippen LogP contribution in [0.4, 0.5) is 0 Å². The van der Waals surface area contributed by atoms with Crippen molar-refractivity contribution in [1.82, 2.24) is 10.2 Å². The average molecular weight is 218 g/mol. The molecule has 5 nitrogen and oxygen atoms in total. The Labute approximate surface area is 91.4 Å². The van der Waals surface area contributed by atoms with E-state index in [1.807, 2.05) is 6.92 Å². The zero-order valence-corrected chi connectivity index (χ0v) is 9.99. The number of rotatable bonds is 7. The maximum absolute atomic E-state index is 11.5. The number of amides is 1. The van der Waals surface area contributed by atoms with Gasteiger partial charge in [-0.15, -0.1) is 0 Å². The molecule has 0 fully saturated rings. The minimum absolute atomic E-state index is 0.0129. The lowest BCUT2D eigenvalue weighted by molar-refractivity contribution is -0.130. The van der Waals surface area contributed by atoms with E-state index in [9.17, 15) is 4.79 Å². The molecule has 2 unspecified atom stereocenters. The van der Waals surface area contributed by atoms with Crippen molar-refractivity contribution in [3.8, 4) is 0 Å². The summed E-state index contributed by atoms with van der Waals surface area (Å²) < 4.78 is 5.00. The molecule has 0 aliphatic rings. The summed E-state index contributed by atoms with van der Waals surface area (Å²) in [7, 11) is 5.04. The fourth-order valence-electron chi connectivity index (χ4n) is 1.38. The van der Waals surface area contributed by atoms with Crippen LogP contribution in [0.1, 0.15) is 13.3 Å². The van der Waals surface area contributed by atoms with Crippen LogP contribution in [0.2, 0.25) is 0 Å². The smallest absolute Gasteiger partial charge is 0.238 e. The van der Waals surface area contributed by atoms with E-state index in [1.165, 1.54) is 0 Å². The summed E-state index contributed by atoms with van der Waals surface area (Å²) in [5, 5.41) is 12.0. The maximum Gasteiger partial charge on any atom is 0.238 e. The molecule has 0 bridgehead atoms. The molecule has 15 heavy (non-hydrogen) atoms. The number of carbonyl (C=O) groups excluding carboxylic acids is 1. The van der Waals surface area contributed by atoms with Gasteiger partial charge in [0.2, 0.25) is 5.91 Å². The van der Waals surface area contributed by atoms with Crippen LogP contribution < -0.4 is 5.32 Å². The summed E-state index contributed by atoms with van der Waals surface area (Å²) in [5.41, 5.74) is 0. The van der Waals surface area contributed by atoms with Crippen LogP contribution in [-0.4, -0.2) is 62.4 Å². The number of nitrogens with one attached hydrogen (secondary N) is 1. The van der Waals surface area contributed by atoms with Crippen molar-refractivity contribution < 1.29 is 14.6 Å². The zero-order valence-electron chi connectivity index (χ0n) is 9.99. The second kappa shape index (κ2) is 7.62. The molecule has 0 saturated carbocycles. The maximum atomic E-state index is 11.5. The van der Waals surface area contributed by atoms with Gasteiger partial charge in [-0.1, -0.05) is 0 Å². The quantitative estimate of drug-likeness (QED) is 0.602. The van der Waals surface area contributed by atoms with E-state index in [0.717, 1.165) is 0 Å². The second-order valence-corrected chi connectivity index (χ2v) is 3.79. The highest BCUT2D eigenvalue weighted by Crippen LogP contribution is 1.97. The molecule has 0 aliphatic carbocycles. The minimum Gasteiger partial charge on any atom is -0.396 e. The van der Waals surface area contributed by atoms with Crippen molar-refractivity contribution in [1.29, 1.82) is 0 Å². The van der Waals surface area contributed by atoms with Gasteiger partial charge in [-0.05, 0) is 13.3 Å². The highest BCUT2D eigenvalue weighted by Gasteiger charge is 2.18. The molecular formula is C10H22N2O3. The van der Waals surface area contributed by atoms with Crippen molar-refractivity contribution in [2.45, 2.75) is 25.4 Å². The van der Waals surface area contributed by atoms with E-state index in [2.05, 4.69) is 5.32 Å². The first-order chi connectivity index (χ1) is 7.02. The van der Waals surface area contributed by atoms with Crippen molar-refractivity contribution in [3.63, 3.8) is 0 Å². The van der Waals surface area contributed by atoms with Crippen LogP contribution in [0.15, 0.2) is 0 Å². The van der Waals surface area contributed by atoms with Crippen molar-refractivity contribution >= 4 is 5.91 Å². The lowest BCUT2D eigenvalue weighted by Gasteiger charge is -2.23. The molecule has 90 valence electrons. The van der Waals surface area contributed by atoms with Gasteiger partial charge >= 0.3 is 0 Å². The topological polar surface area (TPSA) is 61.8 Å². The van der Waals surface area contributed by atoms with Crippen molar-refractivity contribution in [2.24, 2.45) is 0 Å². The number of carbonyl (C=O) groups is 1. The zero-order chi connectivity index (χ0) is 11.8. The number of methoxy groups -OCH3 is 1. The molecule has 0 saturated heterocycles. The highest BCUT2D eigenvalue weighted by molar-refractivity contribution is 5.80. The molecule has 0 aromatic rings. The van der Waals surface area contributed by atoms with Crippen LogP contribution in [0.5, 0.6) is 0 Å². The number of aliphatic hydroxyl groups excluding tert-OH is 1. The van der Waals surface area contributed by atoms with Crippen molar-refractivity contribution in [3.05, 3.63) is 0 Å². The van der Waals surface area contributed by atoms with Crippen LogP contribution in [0.25, 0.3) is 0 Å². The summed E-state index contributed by atoms with van der Waals surface area (Å²) in [6.45, 7) is 2.39. The number of hydrogen-bond donors (Lipinski definition) is 2. The van der Waals surface area contributed by atoms with Gasteiger partial charge in [0.15, 0.2) is 0 Å². The number of hydrogen-bond acceptors (Lipinski definition) is 4. The lowest BCUT2D eigenvalue weighted by atomic mass is 10.2. The Morgan fingerprint density at radius 2 is 2.13 bits per heavy atom. The summed E-state index contributed by atoms with van der Waals surface area (Å²) in [6.07, 6.45) is 0.582. The van der Waals surface area contributed by atoms with Gasteiger partial charge in [0.05, 0.1) is 12.6 Å². The first-order valence-corrected chi connectivity index (χ1v) is 5.10. The normalized spacial score (nSPS) is 14.7. The van der Waals surface area contributed by atoms with Gasteiger partial charge in [-0.3, -0.25) is 4.79 Å². The van der Waals surface area contributed by atoms with E-state index in [4.69, 9.17) is 9.84 Å². The Morgan fingerprint density at radius 3 is 2.53 bits per heavy atom. The van der Waals surface area contributed by atoms with Crippen molar-refractivity contribution in [2.75, 3.05) is 34.4 Å². The Bertz CT molecular complexity index is 180. The second-order valence-electron chi connectivity index (χ2n) is 3.79. The van der Waals surface area contributed by atoms with Crippen LogP contribution in [-0.2, 0) is 9.53 Å². The number of aliphatic hydroxyl groups is 1.